The minimum atomic E-state index is -1.40. The van der Waals surface area contributed by atoms with Gasteiger partial charge in [-0.25, -0.2) is 0 Å². The van der Waals surface area contributed by atoms with E-state index < -0.39 is 7.12 Å². The lowest BCUT2D eigenvalue weighted by molar-refractivity contribution is 0.427. The van der Waals surface area contributed by atoms with E-state index in [0.29, 0.717) is 10.7 Å². The molecule has 17 heavy (non-hydrogen) atoms. The number of thiophene rings is 1. The van der Waals surface area contributed by atoms with Gasteiger partial charge in [0.1, 0.15) is 0 Å². The van der Waals surface area contributed by atoms with Crippen LogP contribution in [-0.4, -0.2) is 17.2 Å². The molecule has 0 saturated carbocycles. The van der Waals surface area contributed by atoms with Gasteiger partial charge in [-0.3, -0.25) is 0 Å². The maximum atomic E-state index is 9.30. The molecular formula is C13H15BO2S. The minimum Gasteiger partial charge on any atom is -0.423 e. The summed E-state index contributed by atoms with van der Waals surface area (Å²) in [7, 11) is -1.40. The van der Waals surface area contributed by atoms with Gasteiger partial charge in [-0.15, -0.1) is 0 Å². The van der Waals surface area contributed by atoms with Crippen molar-refractivity contribution in [1.82, 2.24) is 0 Å². The molecule has 0 fully saturated rings. The van der Waals surface area contributed by atoms with Crippen LogP contribution in [-0.2, 0) is 0 Å². The first kappa shape index (κ1) is 12.4. The Balaban J connectivity index is 2.46. The third-order valence-electron chi connectivity index (χ3n) is 2.79. The highest BCUT2D eigenvalue weighted by molar-refractivity contribution is 7.21. The molecule has 0 radical (unpaired) electrons. The highest BCUT2D eigenvalue weighted by Crippen LogP contribution is 2.24. The van der Waals surface area contributed by atoms with E-state index >= 15 is 0 Å². The first-order valence-corrected chi connectivity index (χ1v) is 6.51. The molecule has 0 unspecified atom stereocenters. The average Bonchev–Trinajstić information content (AvgIpc) is 2.78. The van der Waals surface area contributed by atoms with Crippen LogP contribution in [0.15, 0.2) is 35.7 Å². The Morgan fingerprint density at radius 1 is 1.18 bits per heavy atom. The van der Waals surface area contributed by atoms with Gasteiger partial charge in [0.15, 0.2) is 0 Å². The first-order valence-electron chi connectivity index (χ1n) is 5.63. The van der Waals surface area contributed by atoms with Gasteiger partial charge in [-0.1, -0.05) is 38.1 Å². The van der Waals surface area contributed by atoms with Gasteiger partial charge in [0.25, 0.3) is 0 Å². The van der Waals surface area contributed by atoms with E-state index in [2.05, 4.69) is 26.0 Å². The van der Waals surface area contributed by atoms with Gasteiger partial charge >= 0.3 is 7.12 Å². The van der Waals surface area contributed by atoms with E-state index in [9.17, 15) is 10.0 Å². The van der Waals surface area contributed by atoms with Crippen molar-refractivity contribution < 1.29 is 10.0 Å². The number of hydrogen-bond acceptors (Lipinski definition) is 3. The third-order valence-corrected chi connectivity index (χ3v) is 3.75. The Labute approximate surface area is 106 Å². The standard InChI is InChI=1S/C13H15BO2S/c1-9(2)10-4-3-5-11(8-10)12-6-7-17-13(12)14(15)16/h3-9,15-16H,1-2H3. The van der Waals surface area contributed by atoms with Crippen LogP contribution in [0.4, 0.5) is 0 Å². The van der Waals surface area contributed by atoms with Crippen LogP contribution in [0.25, 0.3) is 11.1 Å². The van der Waals surface area contributed by atoms with E-state index in [1.807, 2.05) is 23.6 Å². The van der Waals surface area contributed by atoms with Gasteiger partial charge < -0.3 is 10.0 Å². The molecule has 0 bridgehead atoms. The van der Waals surface area contributed by atoms with Crippen molar-refractivity contribution >= 4 is 23.2 Å². The van der Waals surface area contributed by atoms with E-state index in [4.69, 9.17) is 0 Å². The summed E-state index contributed by atoms with van der Waals surface area (Å²) in [6, 6.07) is 10.1. The molecule has 0 aliphatic heterocycles. The molecule has 1 heterocycles. The van der Waals surface area contributed by atoms with E-state index in [1.54, 1.807) is 0 Å². The molecule has 1 aromatic heterocycles. The second-order valence-electron chi connectivity index (χ2n) is 4.35. The molecule has 0 atom stereocenters. The third kappa shape index (κ3) is 2.60. The average molecular weight is 246 g/mol. The van der Waals surface area contributed by atoms with Crippen molar-refractivity contribution in [2.75, 3.05) is 0 Å². The molecule has 0 aliphatic rings. The molecule has 4 heteroatoms. The summed E-state index contributed by atoms with van der Waals surface area (Å²) in [4.78, 5) is 0. The lowest BCUT2D eigenvalue weighted by Gasteiger charge is -2.08. The maximum Gasteiger partial charge on any atom is 0.499 e. The molecule has 2 nitrogen and oxygen atoms in total. The fourth-order valence-corrected chi connectivity index (χ4v) is 2.61. The lowest BCUT2D eigenvalue weighted by Crippen LogP contribution is -2.28. The Morgan fingerprint density at radius 3 is 2.59 bits per heavy atom. The Kier molecular flexibility index (Phi) is 3.67. The smallest absolute Gasteiger partial charge is 0.423 e. The maximum absolute atomic E-state index is 9.30. The van der Waals surface area contributed by atoms with Crippen LogP contribution >= 0.6 is 11.3 Å². The summed E-state index contributed by atoms with van der Waals surface area (Å²) in [5.74, 6) is 0.469. The highest BCUT2D eigenvalue weighted by Gasteiger charge is 2.18. The normalized spacial score (nSPS) is 10.9. The van der Waals surface area contributed by atoms with Crippen LogP contribution in [0.1, 0.15) is 25.3 Å². The fourth-order valence-electron chi connectivity index (χ4n) is 1.82. The van der Waals surface area contributed by atoms with Crippen LogP contribution in [0.3, 0.4) is 0 Å². The van der Waals surface area contributed by atoms with E-state index in [0.717, 1.165) is 11.1 Å². The van der Waals surface area contributed by atoms with Crippen molar-refractivity contribution in [1.29, 1.82) is 0 Å². The molecule has 88 valence electrons. The van der Waals surface area contributed by atoms with Crippen LogP contribution in [0.2, 0.25) is 0 Å². The molecule has 2 rings (SSSR count). The quantitative estimate of drug-likeness (QED) is 0.815. The van der Waals surface area contributed by atoms with E-state index in [-0.39, 0.29) is 0 Å². The molecule has 2 aromatic rings. The predicted molar refractivity (Wildman–Crippen MR) is 73.7 cm³/mol. The summed E-state index contributed by atoms with van der Waals surface area (Å²) in [5.41, 5.74) is 3.21. The zero-order valence-electron chi connectivity index (χ0n) is 9.92. The molecule has 0 amide bonds. The molecule has 0 saturated heterocycles. The minimum absolute atomic E-state index is 0.469. The summed E-state index contributed by atoms with van der Waals surface area (Å²) in [6.45, 7) is 4.29. The summed E-state index contributed by atoms with van der Waals surface area (Å²) in [5, 5.41) is 20.5. The molecule has 1 aromatic carbocycles. The monoisotopic (exact) mass is 246 g/mol. The van der Waals surface area contributed by atoms with Crippen LogP contribution in [0, 0.1) is 0 Å². The second-order valence-corrected chi connectivity index (χ2v) is 5.30. The van der Waals surface area contributed by atoms with Crippen molar-refractivity contribution in [2.45, 2.75) is 19.8 Å². The predicted octanol–water partition coefficient (Wildman–Crippen LogP) is 2.22. The molecule has 0 aliphatic carbocycles. The molecular weight excluding hydrogens is 231 g/mol. The largest absolute Gasteiger partial charge is 0.499 e. The molecule has 2 N–H and O–H groups in total. The topological polar surface area (TPSA) is 40.5 Å². The number of hydrogen-bond donors (Lipinski definition) is 2. The fraction of sp³-hybridized carbons (Fsp3) is 0.231. The summed E-state index contributed by atoms with van der Waals surface area (Å²) >= 11 is 1.37. The molecule has 0 spiro atoms. The first-order chi connectivity index (χ1) is 8.09. The Bertz CT molecular complexity index is 506. The van der Waals surface area contributed by atoms with Gasteiger partial charge in [0.2, 0.25) is 0 Å². The van der Waals surface area contributed by atoms with Crippen molar-refractivity contribution in [3.8, 4) is 11.1 Å². The van der Waals surface area contributed by atoms with Crippen molar-refractivity contribution in [3.05, 3.63) is 41.3 Å². The highest BCUT2D eigenvalue weighted by atomic mass is 32.1. The zero-order valence-corrected chi connectivity index (χ0v) is 10.7. The summed E-state index contributed by atoms with van der Waals surface area (Å²) < 4.78 is 0.603. The SMILES string of the molecule is CC(C)c1cccc(-c2ccsc2B(O)O)c1. The Morgan fingerprint density at radius 2 is 1.94 bits per heavy atom. The van der Waals surface area contributed by atoms with Gasteiger partial charge in [-0.2, -0.15) is 11.3 Å². The number of benzene rings is 1. The van der Waals surface area contributed by atoms with Gasteiger partial charge in [-0.05, 0) is 34.1 Å². The van der Waals surface area contributed by atoms with E-state index in [1.165, 1.54) is 16.9 Å². The van der Waals surface area contributed by atoms with Gasteiger partial charge in [0, 0.05) is 4.78 Å². The number of rotatable bonds is 3. The second kappa shape index (κ2) is 5.04. The van der Waals surface area contributed by atoms with Crippen LogP contribution < -0.4 is 4.78 Å². The van der Waals surface area contributed by atoms with Crippen molar-refractivity contribution in [2.24, 2.45) is 0 Å². The Hall–Kier alpha value is -1.10. The lowest BCUT2D eigenvalue weighted by atomic mass is 9.83. The van der Waals surface area contributed by atoms with Crippen molar-refractivity contribution in [3.63, 3.8) is 0 Å². The van der Waals surface area contributed by atoms with Gasteiger partial charge in [0.05, 0.1) is 0 Å². The summed E-state index contributed by atoms with van der Waals surface area (Å²) in [6.07, 6.45) is 0. The van der Waals surface area contributed by atoms with Crippen LogP contribution in [0.5, 0.6) is 0 Å². The zero-order chi connectivity index (χ0) is 12.4.